The van der Waals surface area contributed by atoms with Gasteiger partial charge in [-0.25, -0.2) is 14.4 Å². The summed E-state index contributed by atoms with van der Waals surface area (Å²) in [5.74, 6) is -0.603. The lowest BCUT2D eigenvalue weighted by Crippen LogP contribution is -2.30. The average molecular weight is 415 g/mol. The van der Waals surface area contributed by atoms with E-state index in [1.54, 1.807) is 36.5 Å². The first-order chi connectivity index (χ1) is 15.0. The molecule has 0 aliphatic heterocycles. The first kappa shape index (κ1) is 19.8. The fraction of sp³-hybridized carbons (Fsp3) is 0.0476. The van der Waals surface area contributed by atoms with Crippen molar-refractivity contribution in [3.8, 4) is 23.0 Å². The monoisotopic (exact) mass is 415 g/mol. The molecule has 0 bridgehead atoms. The van der Waals surface area contributed by atoms with E-state index in [-0.39, 0.29) is 17.2 Å². The lowest BCUT2D eigenvalue weighted by atomic mass is 10.1. The third kappa shape index (κ3) is 4.26. The molecule has 0 fully saturated rings. The number of hydrogen-bond acceptors (Lipinski definition) is 7. The zero-order valence-corrected chi connectivity index (χ0v) is 15.8. The van der Waals surface area contributed by atoms with E-state index in [0.717, 1.165) is 0 Å². The first-order valence-corrected chi connectivity index (χ1v) is 9.01. The van der Waals surface area contributed by atoms with Crippen LogP contribution < -0.4 is 5.32 Å². The number of halogens is 1. The smallest absolute Gasteiger partial charge is 0.255 e. The zero-order valence-electron chi connectivity index (χ0n) is 15.8. The second-order valence-electron chi connectivity index (χ2n) is 6.39. The molecule has 4 aromatic rings. The summed E-state index contributed by atoms with van der Waals surface area (Å²) in [4.78, 5) is 24.8. The molecule has 4 rings (SSSR count). The number of rotatable bonds is 5. The predicted octanol–water partition coefficient (Wildman–Crippen LogP) is 2.16. The van der Waals surface area contributed by atoms with E-state index in [0.29, 0.717) is 22.5 Å². The topological polar surface area (TPSA) is 130 Å². The molecule has 1 unspecified atom stereocenters. The van der Waals surface area contributed by atoms with Crippen molar-refractivity contribution in [2.45, 2.75) is 6.23 Å². The van der Waals surface area contributed by atoms with Crippen LogP contribution in [0.15, 0.2) is 67.4 Å². The third-order valence-electron chi connectivity index (χ3n) is 4.36. The van der Waals surface area contributed by atoms with Crippen LogP contribution in [0.4, 0.5) is 4.39 Å². The standard InChI is InChI=1S/C21H14FN7O2/c22-17-4-2-14(3-5-17)15-7-16(11-24-10-15)20(30)28-21(31)19-26-12-27-29(19)18-6-1-13(8-23)9-25-18/h1-7,9-12,21,31H,(H,28,30). The van der Waals surface area contributed by atoms with Crippen LogP contribution in [-0.2, 0) is 0 Å². The van der Waals surface area contributed by atoms with Gasteiger partial charge < -0.3 is 10.4 Å². The Hall–Kier alpha value is -4.49. The van der Waals surface area contributed by atoms with Crippen LogP contribution >= 0.6 is 0 Å². The lowest BCUT2D eigenvalue weighted by molar-refractivity contribution is 0.0758. The highest BCUT2D eigenvalue weighted by molar-refractivity contribution is 5.95. The lowest BCUT2D eigenvalue weighted by Gasteiger charge is -2.13. The molecule has 10 heteroatoms. The second-order valence-corrected chi connectivity index (χ2v) is 6.39. The summed E-state index contributed by atoms with van der Waals surface area (Å²) in [6.45, 7) is 0. The highest BCUT2D eigenvalue weighted by Gasteiger charge is 2.20. The van der Waals surface area contributed by atoms with Crippen molar-refractivity contribution in [1.29, 1.82) is 5.26 Å². The molecule has 0 aliphatic rings. The zero-order chi connectivity index (χ0) is 21.8. The largest absolute Gasteiger partial charge is 0.367 e. The predicted molar refractivity (Wildman–Crippen MR) is 106 cm³/mol. The molecule has 1 atom stereocenters. The van der Waals surface area contributed by atoms with Gasteiger partial charge in [-0.05, 0) is 35.9 Å². The van der Waals surface area contributed by atoms with Crippen LogP contribution in [0.5, 0.6) is 0 Å². The number of aliphatic hydroxyl groups excluding tert-OH is 1. The molecule has 0 radical (unpaired) electrons. The maximum absolute atomic E-state index is 13.1. The summed E-state index contributed by atoms with van der Waals surface area (Å²) in [6, 6.07) is 12.4. The van der Waals surface area contributed by atoms with Crippen molar-refractivity contribution in [2.24, 2.45) is 0 Å². The Labute approximate surface area is 175 Å². The van der Waals surface area contributed by atoms with Gasteiger partial charge in [-0.2, -0.15) is 15.0 Å². The number of benzene rings is 1. The maximum Gasteiger partial charge on any atom is 0.255 e. The van der Waals surface area contributed by atoms with Crippen LogP contribution in [-0.4, -0.2) is 35.7 Å². The molecule has 31 heavy (non-hydrogen) atoms. The van der Waals surface area contributed by atoms with E-state index in [2.05, 4.69) is 25.4 Å². The van der Waals surface area contributed by atoms with Crippen LogP contribution in [0.1, 0.15) is 28.0 Å². The third-order valence-corrected chi connectivity index (χ3v) is 4.36. The number of pyridine rings is 2. The van der Waals surface area contributed by atoms with Gasteiger partial charge in [0.05, 0.1) is 11.1 Å². The first-order valence-electron chi connectivity index (χ1n) is 9.01. The minimum Gasteiger partial charge on any atom is -0.367 e. The van der Waals surface area contributed by atoms with Gasteiger partial charge in [-0.1, -0.05) is 12.1 Å². The molecule has 0 spiro atoms. The number of nitrogens with zero attached hydrogens (tertiary/aromatic N) is 6. The Balaban J connectivity index is 1.53. The fourth-order valence-electron chi connectivity index (χ4n) is 2.83. The molecule has 0 aliphatic carbocycles. The highest BCUT2D eigenvalue weighted by Crippen LogP contribution is 2.20. The summed E-state index contributed by atoms with van der Waals surface area (Å²) in [5, 5.41) is 25.8. The normalized spacial score (nSPS) is 11.5. The second kappa shape index (κ2) is 8.48. The van der Waals surface area contributed by atoms with E-state index >= 15 is 0 Å². The molecule has 0 saturated carbocycles. The van der Waals surface area contributed by atoms with Gasteiger partial charge >= 0.3 is 0 Å². The van der Waals surface area contributed by atoms with Crippen molar-refractivity contribution in [2.75, 3.05) is 0 Å². The molecule has 9 nitrogen and oxygen atoms in total. The summed E-state index contributed by atoms with van der Waals surface area (Å²) < 4.78 is 14.4. The molecule has 1 aromatic carbocycles. The SMILES string of the molecule is N#Cc1ccc(-n2ncnc2C(O)NC(=O)c2cncc(-c3ccc(F)cc3)c2)nc1. The molecule has 3 aromatic heterocycles. The Morgan fingerprint density at radius 1 is 1.10 bits per heavy atom. The summed E-state index contributed by atoms with van der Waals surface area (Å²) in [7, 11) is 0. The number of carbonyl (C=O) groups excluding carboxylic acids is 1. The molecular formula is C21H14FN7O2. The van der Waals surface area contributed by atoms with Gasteiger partial charge in [0, 0.05) is 24.2 Å². The van der Waals surface area contributed by atoms with Crippen LogP contribution in [0.2, 0.25) is 0 Å². The van der Waals surface area contributed by atoms with E-state index in [9.17, 15) is 14.3 Å². The number of amides is 1. The minimum atomic E-state index is -1.48. The van der Waals surface area contributed by atoms with Crippen molar-refractivity contribution in [3.05, 3.63) is 90.2 Å². The van der Waals surface area contributed by atoms with Crippen molar-refractivity contribution in [3.63, 3.8) is 0 Å². The number of nitriles is 1. The molecule has 1 amide bonds. The van der Waals surface area contributed by atoms with Crippen LogP contribution in [0.3, 0.4) is 0 Å². The van der Waals surface area contributed by atoms with Crippen molar-refractivity contribution in [1.82, 2.24) is 30.0 Å². The molecule has 3 heterocycles. The summed E-state index contributed by atoms with van der Waals surface area (Å²) in [5.41, 5.74) is 1.87. The van der Waals surface area contributed by atoms with Gasteiger partial charge in [0.1, 0.15) is 18.2 Å². The Bertz CT molecular complexity index is 1260. The number of hydrogen-bond donors (Lipinski definition) is 2. The van der Waals surface area contributed by atoms with E-state index < -0.39 is 12.1 Å². The Morgan fingerprint density at radius 3 is 2.61 bits per heavy atom. The summed E-state index contributed by atoms with van der Waals surface area (Å²) in [6.07, 6.45) is 3.98. The average Bonchev–Trinajstić information content (AvgIpc) is 3.30. The number of nitrogens with one attached hydrogen (secondary N) is 1. The fourth-order valence-corrected chi connectivity index (χ4v) is 2.83. The molecular weight excluding hydrogens is 401 g/mol. The number of aromatic nitrogens is 5. The maximum atomic E-state index is 13.1. The van der Waals surface area contributed by atoms with Gasteiger partial charge in [0.2, 0.25) is 0 Å². The van der Waals surface area contributed by atoms with Crippen LogP contribution in [0, 0.1) is 17.1 Å². The highest BCUT2D eigenvalue weighted by atomic mass is 19.1. The van der Waals surface area contributed by atoms with Gasteiger partial charge in [-0.3, -0.25) is 9.78 Å². The van der Waals surface area contributed by atoms with E-state index in [1.165, 1.54) is 35.5 Å². The van der Waals surface area contributed by atoms with Crippen LogP contribution in [0.25, 0.3) is 16.9 Å². The van der Waals surface area contributed by atoms with E-state index in [4.69, 9.17) is 5.26 Å². The quantitative estimate of drug-likeness (QED) is 0.478. The number of carbonyl (C=O) groups is 1. The van der Waals surface area contributed by atoms with Crippen molar-refractivity contribution >= 4 is 5.91 Å². The molecule has 152 valence electrons. The van der Waals surface area contributed by atoms with E-state index in [1.807, 2.05) is 6.07 Å². The Morgan fingerprint density at radius 2 is 1.90 bits per heavy atom. The Kier molecular flexibility index (Phi) is 5.42. The minimum absolute atomic E-state index is 0.0354. The van der Waals surface area contributed by atoms with Crippen molar-refractivity contribution < 1.29 is 14.3 Å². The molecule has 0 saturated heterocycles. The van der Waals surface area contributed by atoms with Gasteiger partial charge in [0.25, 0.3) is 5.91 Å². The molecule has 2 N–H and O–H groups in total. The van der Waals surface area contributed by atoms with Gasteiger partial charge in [-0.15, -0.1) is 0 Å². The summed E-state index contributed by atoms with van der Waals surface area (Å²) >= 11 is 0. The van der Waals surface area contributed by atoms with Gasteiger partial charge in [0.15, 0.2) is 17.9 Å². The number of aliphatic hydroxyl groups is 1.